The highest BCUT2D eigenvalue weighted by atomic mass is 31.2. The van der Waals surface area contributed by atoms with E-state index in [1.54, 1.807) is 0 Å². The van der Waals surface area contributed by atoms with Crippen molar-refractivity contribution >= 4 is 13.9 Å². The third-order valence-electron chi connectivity index (χ3n) is 5.91. The molecule has 0 aromatic carbocycles. The number of nitrogens with zero attached hydrogens (tertiary/aromatic N) is 1. The first-order chi connectivity index (χ1) is 17.1. The number of phosphoric ester groups is 1. The first kappa shape index (κ1) is 35.3. The lowest BCUT2D eigenvalue weighted by atomic mass is 10.0. The maximum atomic E-state index is 12.0. The Morgan fingerprint density at radius 2 is 1.31 bits per heavy atom. The molecule has 0 aliphatic carbocycles. The van der Waals surface area contributed by atoms with Crippen LogP contribution in [0.3, 0.4) is 0 Å². The molecule has 0 aromatic heterocycles. The maximum Gasteiger partial charge on any atom is 0.407 e. The number of rotatable bonds is 25. The first-order valence-electron chi connectivity index (χ1n) is 13.9. The second-order valence-electron chi connectivity index (χ2n) is 10.6. The average Bonchev–Trinajstić information content (AvgIpc) is 2.81. The Labute approximate surface area is 220 Å². The standard InChI is InChI=1S/C26H55N2O7P/c1-6-7-8-9-10-11-12-13-14-15-16-17-18-19-21-33-23-25(27-26(29)32-5)24-35-36(30,31)34-22-20-28(2,3)4/h25H,6-24H2,1-5H3,(H-,27,29,30,31). The number of phosphoric acid groups is 1. The number of likely N-dealkylation sites (N-methyl/N-ethyl adjacent to an activating group) is 1. The number of amides is 1. The molecule has 0 aromatic rings. The largest absolute Gasteiger partial charge is 0.756 e. The number of quaternary nitrogens is 1. The lowest BCUT2D eigenvalue weighted by molar-refractivity contribution is -0.870. The van der Waals surface area contributed by atoms with Gasteiger partial charge in [-0.25, -0.2) is 4.79 Å². The number of ether oxygens (including phenoxy) is 2. The molecule has 0 aliphatic rings. The fourth-order valence-corrected chi connectivity index (χ4v) is 4.37. The molecule has 216 valence electrons. The van der Waals surface area contributed by atoms with Crippen molar-refractivity contribution in [3.63, 3.8) is 0 Å². The molecule has 0 heterocycles. The van der Waals surface area contributed by atoms with Crippen molar-refractivity contribution in [3.8, 4) is 0 Å². The number of carbonyl (C=O) groups excluding carboxylic acids is 1. The van der Waals surface area contributed by atoms with Crippen LogP contribution in [0.15, 0.2) is 0 Å². The summed E-state index contributed by atoms with van der Waals surface area (Å²) in [5.74, 6) is 0. The van der Waals surface area contributed by atoms with Gasteiger partial charge < -0.3 is 33.2 Å². The lowest BCUT2D eigenvalue weighted by Gasteiger charge is -2.28. The molecule has 10 heteroatoms. The van der Waals surface area contributed by atoms with E-state index in [0.717, 1.165) is 12.8 Å². The van der Waals surface area contributed by atoms with Gasteiger partial charge in [-0.05, 0) is 6.42 Å². The van der Waals surface area contributed by atoms with Crippen LogP contribution in [-0.4, -0.2) is 77.8 Å². The zero-order chi connectivity index (χ0) is 27.1. The summed E-state index contributed by atoms with van der Waals surface area (Å²) >= 11 is 0. The van der Waals surface area contributed by atoms with Gasteiger partial charge >= 0.3 is 6.09 Å². The van der Waals surface area contributed by atoms with Crippen molar-refractivity contribution in [2.45, 2.75) is 103 Å². The zero-order valence-corrected chi connectivity index (χ0v) is 24.7. The van der Waals surface area contributed by atoms with Gasteiger partial charge in [0.05, 0.1) is 47.5 Å². The number of alkyl carbamates (subject to hydrolysis) is 1. The van der Waals surface area contributed by atoms with Crippen molar-refractivity contribution in [2.24, 2.45) is 0 Å². The summed E-state index contributed by atoms with van der Waals surface area (Å²) in [7, 11) is 2.59. The summed E-state index contributed by atoms with van der Waals surface area (Å²) in [5, 5.41) is 2.54. The number of unbranched alkanes of at least 4 members (excludes halogenated alkanes) is 13. The molecule has 1 N–H and O–H groups in total. The van der Waals surface area contributed by atoms with Crippen LogP contribution < -0.4 is 10.2 Å². The molecular weight excluding hydrogens is 483 g/mol. The Balaban J connectivity index is 3.88. The summed E-state index contributed by atoms with van der Waals surface area (Å²) in [6.45, 7) is 3.20. The molecular formula is C26H55N2O7P. The summed E-state index contributed by atoms with van der Waals surface area (Å²) < 4.78 is 32.7. The number of carbonyl (C=O) groups is 1. The SMILES string of the molecule is CCCCCCCCCCCCCCCCOCC(COP(=O)([O-])OCC[N+](C)(C)C)NC(=O)OC. The average molecular weight is 539 g/mol. The minimum Gasteiger partial charge on any atom is -0.756 e. The Morgan fingerprint density at radius 3 is 1.78 bits per heavy atom. The molecule has 36 heavy (non-hydrogen) atoms. The van der Waals surface area contributed by atoms with Crippen LogP contribution in [0.1, 0.15) is 96.8 Å². The summed E-state index contributed by atoms with van der Waals surface area (Å²) in [6, 6.07) is -0.659. The predicted octanol–water partition coefficient (Wildman–Crippen LogP) is 5.42. The number of hydrogen-bond donors (Lipinski definition) is 1. The Bertz CT molecular complexity index is 573. The number of nitrogens with one attached hydrogen (secondary N) is 1. The van der Waals surface area contributed by atoms with Gasteiger partial charge in [0.1, 0.15) is 13.2 Å². The molecule has 1 amide bonds. The van der Waals surface area contributed by atoms with Crippen LogP contribution in [0.25, 0.3) is 0 Å². The molecule has 0 bridgehead atoms. The Hall–Kier alpha value is -0.700. The summed E-state index contributed by atoms with van der Waals surface area (Å²) in [5.41, 5.74) is 0. The zero-order valence-electron chi connectivity index (χ0n) is 23.8. The highest BCUT2D eigenvalue weighted by molar-refractivity contribution is 7.45. The van der Waals surface area contributed by atoms with Gasteiger partial charge in [0.25, 0.3) is 7.82 Å². The Morgan fingerprint density at radius 1 is 0.806 bits per heavy atom. The summed E-state index contributed by atoms with van der Waals surface area (Å²) in [4.78, 5) is 23.6. The Kier molecular flexibility index (Phi) is 21.9. The third kappa shape index (κ3) is 25.0. The van der Waals surface area contributed by atoms with Crippen molar-refractivity contribution in [1.82, 2.24) is 5.32 Å². The van der Waals surface area contributed by atoms with Crippen LogP contribution in [-0.2, 0) is 23.1 Å². The molecule has 2 unspecified atom stereocenters. The van der Waals surface area contributed by atoms with E-state index in [1.807, 2.05) is 21.1 Å². The van der Waals surface area contributed by atoms with Crippen LogP contribution in [0.5, 0.6) is 0 Å². The highest BCUT2D eigenvalue weighted by Crippen LogP contribution is 2.38. The highest BCUT2D eigenvalue weighted by Gasteiger charge is 2.19. The van der Waals surface area contributed by atoms with Crippen molar-refractivity contribution in [3.05, 3.63) is 0 Å². The van der Waals surface area contributed by atoms with Crippen molar-refractivity contribution in [1.29, 1.82) is 0 Å². The molecule has 0 radical (unpaired) electrons. The molecule has 0 aliphatic heterocycles. The maximum absolute atomic E-state index is 12.0. The first-order valence-corrected chi connectivity index (χ1v) is 15.4. The topological polar surface area (TPSA) is 106 Å². The van der Waals surface area contributed by atoms with Gasteiger partial charge in [0.2, 0.25) is 0 Å². The molecule has 9 nitrogen and oxygen atoms in total. The number of hydrogen-bond acceptors (Lipinski definition) is 7. The molecule has 0 saturated heterocycles. The molecule has 0 spiro atoms. The minimum absolute atomic E-state index is 0.0228. The van der Waals surface area contributed by atoms with E-state index in [4.69, 9.17) is 13.8 Å². The van der Waals surface area contributed by atoms with Gasteiger partial charge in [-0.1, -0.05) is 90.4 Å². The van der Waals surface area contributed by atoms with Crippen LogP contribution >= 0.6 is 7.82 Å². The second-order valence-corrected chi connectivity index (χ2v) is 12.0. The van der Waals surface area contributed by atoms with Gasteiger partial charge in [0.15, 0.2) is 0 Å². The van der Waals surface area contributed by atoms with Crippen molar-refractivity contribution < 1.29 is 37.3 Å². The molecule has 2 atom stereocenters. The van der Waals surface area contributed by atoms with E-state index >= 15 is 0 Å². The molecule has 0 rings (SSSR count). The fraction of sp³-hybridized carbons (Fsp3) is 0.962. The minimum atomic E-state index is -4.47. The summed E-state index contributed by atoms with van der Waals surface area (Å²) in [6.07, 6.45) is 17.4. The van der Waals surface area contributed by atoms with E-state index in [2.05, 4.69) is 17.0 Å². The van der Waals surface area contributed by atoms with Gasteiger partial charge in [-0.15, -0.1) is 0 Å². The monoisotopic (exact) mass is 538 g/mol. The van der Waals surface area contributed by atoms with E-state index in [0.29, 0.717) is 17.6 Å². The van der Waals surface area contributed by atoms with Crippen LogP contribution in [0.2, 0.25) is 0 Å². The number of methoxy groups -OCH3 is 1. The van der Waals surface area contributed by atoms with Gasteiger partial charge in [-0.3, -0.25) is 4.57 Å². The van der Waals surface area contributed by atoms with Crippen molar-refractivity contribution in [2.75, 3.05) is 61.2 Å². The molecule has 0 saturated carbocycles. The smallest absolute Gasteiger partial charge is 0.407 e. The van der Waals surface area contributed by atoms with E-state index in [9.17, 15) is 14.3 Å². The van der Waals surface area contributed by atoms with Gasteiger partial charge in [-0.2, -0.15) is 0 Å². The van der Waals surface area contributed by atoms with E-state index in [1.165, 1.54) is 84.2 Å². The third-order valence-corrected chi connectivity index (χ3v) is 6.88. The van der Waals surface area contributed by atoms with Crippen LogP contribution in [0, 0.1) is 0 Å². The fourth-order valence-electron chi connectivity index (χ4n) is 3.63. The second kappa shape index (κ2) is 22.3. The lowest BCUT2D eigenvalue weighted by Crippen LogP contribution is -2.42. The predicted molar refractivity (Wildman–Crippen MR) is 143 cm³/mol. The molecule has 0 fully saturated rings. The van der Waals surface area contributed by atoms with E-state index in [-0.39, 0.29) is 19.8 Å². The quantitative estimate of drug-likeness (QED) is 0.0940. The van der Waals surface area contributed by atoms with E-state index < -0.39 is 20.0 Å². The van der Waals surface area contributed by atoms with Gasteiger partial charge in [0, 0.05) is 6.61 Å². The van der Waals surface area contributed by atoms with Crippen LogP contribution in [0.4, 0.5) is 4.79 Å². The normalized spacial score (nSPS) is 14.4.